The number of carbonyl (C=O) groups excluding carboxylic acids is 1. The van der Waals surface area contributed by atoms with Crippen LogP contribution in [-0.4, -0.2) is 25.5 Å². The van der Waals surface area contributed by atoms with Gasteiger partial charge in [-0.15, -0.1) is 0 Å². The molecule has 0 radical (unpaired) electrons. The summed E-state index contributed by atoms with van der Waals surface area (Å²) in [6, 6.07) is 15.9. The second kappa shape index (κ2) is 8.17. The van der Waals surface area contributed by atoms with Crippen molar-refractivity contribution < 1.29 is 9.18 Å². The Balaban J connectivity index is 1.78. The largest absolute Gasteiger partial charge is 0.372 e. The molecule has 2 aromatic rings. The third kappa shape index (κ3) is 4.58. The van der Waals surface area contributed by atoms with E-state index in [-0.39, 0.29) is 5.91 Å². The van der Waals surface area contributed by atoms with E-state index in [1.165, 1.54) is 17.8 Å². The van der Waals surface area contributed by atoms with Crippen molar-refractivity contribution in [3.8, 4) is 0 Å². The zero-order valence-electron chi connectivity index (χ0n) is 12.8. The van der Waals surface area contributed by atoms with E-state index in [2.05, 4.69) is 29.3 Å². The van der Waals surface area contributed by atoms with Gasteiger partial charge in [0.2, 0.25) is 0 Å². The first-order chi connectivity index (χ1) is 10.7. The third-order valence-electron chi connectivity index (χ3n) is 3.48. The highest BCUT2D eigenvalue weighted by molar-refractivity contribution is 5.94. The number of nitrogens with one attached hydrogen (secondary N) is 1. The van der Waals surface area contributed by atoms with Crippen molar-refractivity contribution in [2.45, 2.75) is 13.3 Å². The van der Waals surface area contributed by atoms with Gasteiger partial charge in [-0.2, -0.15) is 0 Å². The van der Waals surface area contributed by atoms with Crippen molar-refractivity contribution in [3.05, 3.63) is 66.0 Å². The third-order valence-corrected chi connectivity index (χ3v) is 3.48. The highest BCUT2D eigenvalue weighted by atomic mass is 19.1. The molecule has 1 N–H and O–H groups in total. The van der Waals surface area contributed by atoms with Crippen LogP contribution < -0.4 is 10.2 Å². The molecule has 0 spiro atoms. The normalized spacial score (nSPS) is 10.3. The maximum atomic E-state index is 13.1. The zero-order valence-corrected chi connectivity index (χ0v) is 12.8. The molecule has 2 rings (SSSR count). The summed E-state index contributed by atoms with van der Waals surface area (Å²) in [5.74, 6) is -0.629. The lowest BCUT2D eigenvalue weighted by Crippen LogP contribution is -2.30. The number of halogens is 1. The number of hydrogen-bond acceptors (Lipinski definition) is 2. The van der Waals surface area contributed by atoms with Gasteiger partial charge in [-0.05, 0) is 43.7 Å². The molecule has 4 heteroatoms. The van der Waals surface area contributed by atoms with Crippen molar-refractivity contribution >= 4 is 11.6 Å². The predicted molar refractivity (Wildman–Crippen MR) is 87.7 cm³/mol. The number of carbonyl (C=O) groups is 1. The Bertz CT molecular complexity index is 601. The van der Waals surface area contributed by atoms with E-state index < -0.39 is 5.82 Å². The monoisotopic (exact) mass is 300 g/mol. The second-order valence-corrected chi connectivity index (χ2v) is 5.04. The molecule has 0 aromatic heterocycles. The van der Waals surface area contributed by atoms with Crippen LogP contribution in [0.5, 0.6) is 0 Å². The lowest BCUT2D eigenvalue weighted by Gasteiger charge is -2.23. The van der Waals surface area contributed by atoms with Crippen LogP contribution in [0.2, 0.25) is 0 Å². The zero-order chi connectivity index (χ0) is 15.8. The molecule has 0 heterocycles. The van der Waals surface area contributed by atoms with Crippen LogP contribution in [0.3, 0.4) is 0 Å². The molecule has 0 unspecified atom stereocenters. The van der Waals surface area contributed by atoms with E-state index in [0.717, 1.165) is 19.5 Å². The summed E-state index contributed by atoms with van der Waals surface area (Å²) in [5.41, 5.74) is 1.54. The van der Waals surface area contributed by atoms with Gasteiger partial charge in [-0.25, -0.2) is 4.39 Å². The maximum absolute atomic E-state index is 13.1. The van der Waals surface area contributed by atoms with E-state index in [1.54, 1.807) is 12.1 Å². The molecule has 0 saturated carbocycles. The molecule has 1 amide bonds. The molecule has 0 aliphatic heterocycles. The fourth-order valence-electron chi connectivity index (χ4n) is 2.31. The topological polar surface area (TPSA) is 32.3 Å². The fraction of sp³-hybridized carbons (Fsp3) is 0.278. The average Bonchev–Trinajstić information content (AvgIpc) is 2.55. The van der Waals surface area contributed by atoms with Crippen LogP contribution in [0.25, 0.3) is 0 Å². The molecule has 0 fully saturated rings. The Labute approximate surface area is 130 Å². The second-order valence-electron chi connectivity index (χ2n) is 5.04. The van der Waals surface area contributed by atoms with Crippen molar-refractivity contribution in [3.63, 3.8) is 0 Å². The Morgan fingerprint density at radius 3 is 2.59 bits per heavy atom. The maximum Gasteiger partial charge on any atom is 0.251 e. The van der Waals surface area contributed by atoms with E-state index in [1.807, 2.05) is 18.2 Å². The number of anilines is 1. The lowest BCUT2D eigenvalue weighted by molar-refractivity contribution is 0.0953. The highest BCUT2D eigenvalue weighted by Gasteiger charge is 2.07. The number of nitrogens with zero attached hydrogens (tertiary/aromatic N) is 1. The quantitative estimate of drug-likeness (QED) is 0.794. The van der Waals surface area contributed by atoms with Gasteiger partial charge in [-0.1, -0.05) is 24.3 Å². The van der Waals surface area contributed by atoms with E-state index in [9.17, 15) is 9.18 Å². The highest BCUT2D eigenvalue weighted by Crippen LogP contribution is 2.12. The van der Waals surface area contributed by atoms with Gasteiger partial charge in [0.15, 0.2) is 0 Å². The van der Waals surface area contributed by atoms with Crippen LogP contribution in [0.1, 0.15) is 23.7 Å². The predicted octanol–water partition coefficient (Wildman–Crippen LogP) is 3.47. The van der Waals surface area contributed by atoms with Crippen molar-refractivity contribution in [1.82, 2.24) is 5.32 Å². The van der Waals surface area contributed by atoms with Crippen LogP contribution in [0.15, 0.2) is 54.6 Å². The molecule has 0 aliphatic carbocycles. The molecule has 2 aromatic carbocycles. The molecular formula is C18H21FN2O. The smallest absolute Gasteiger partial charge is 0.251 e. The molecule has 0 atom stereocenters. The molecule has 0 saturated heterocycles. The minimum absolute atomic E-state index is 0.234. The van der Waals surface area contributed by atoms with Crippen LogP contribution in [-0.2, 0) is 0 Å². The summed E-state index contributed by atoms with van der Waals surface area (Å²) in [5, 5.41) is 2.82. The van der Waals surface area contributed by atoms with Gasteiger partial charge in [0.1, 0.15) is 5.82 Å². The van der Waals surface area contributed by atoms with E-state index in [4.69, 9.17) is 0 Å². The first-order valence-corrected chi connectivity index (χ1v) is 7.54. The Kier molecular flexibility index (Phi) is 5.95. The van der Waals surface area contributed by atoms with Gasteiger partial charge in [0, 0.05) is 30.9 Å². The summed E-state index contributed by atoms with van der Waals surface area (Å²) in [4.78, 5) is 14.1. The lowest BCUT2D eigenvalue weighted by atomic mass is 10.2. The van der Waals surface area contributed by atoms with Crippen LogP contribution in [0, 0.1) is 5.82 Å². The Morgan fingerprint density at radius 2 is 1.91 bits per heavy atom. The molecule has 0 bridgehead atoms. The first-order valence-electron chi connectivity index (χ1n) is 7.54. The van der Waals surface area contributed by atoms with Gasteiger partial charge in [0.05, 0.1) is 0 Å². The standard InChI is InChI=1S/C18H21FN2O/c1-2-21(17-10-4-3-5-11-17)13-7-12-20-18(22)15-8-6-9-16(19)14-15/h3-6,8-11,14H,2,7,12-13H2,1H3,(H,20,22). The number of amides is 1. The van der Waals surface area contributed by atoms with Crippen molar-refractivity contribution in [2.24, 2.45) is 0 Å². The summed E-state index contributed by atoms with van der Waals surface area (Å²) < 4.78 is 13.1. The summed E-state index contributed by atoms with van der Waals surface area (Å²) in [6.45, 7) is 4.46. The van der Waals surface area contributed by atoms with Crippen LogP contribution in [0.4, 0.5) is 10.1 Å². The minimum atomic E-state index is -0.395. The van der Waals surface area contributed by atoms with Gasteiger partial charge in [0.25, 0.3) is 5.91 Å². The van der Waals surface area contributed by atoms with Crippen molar-refractivity contribution in [2.75, 3.05) is 24.5 Å². The molecule has 3 nitrogen and oxygen atoms in total. The molecule has 22 heavy (non-hydrogen) atoms. The summed E-state index contributed by atoms with van der Waals surface area (Å²) in [6.07, 6.45) is 0.837. The van der Waals surface area contributed by atoms with E-state index in [0.29, 0.717) is 12.1 Å². The Morgan fingerprint density at radius 1 is 1.14 bits per heavy atom. The first kappa shape index (κ1) is 16.0. The van der Waals surface area contributed by atoms with Gasteiger partial charge >= 0.3 is 0 Å². The average molecular weight is 300 g/mol. The fourth-order valence-corrected chi connectivity index (χ4v) is 2.31. The van der Waals surface area contributed by atoms with Gasteiger partial charge < -0.3 is 10.2 Å². The summed E-state index contributed by atoms with van der Waals surface area (Å²) >= 11 is 0. The SMILES string of the molecule is CCN(CCCNC(=O)c1cccc(F)c1)c1ccccc1. The summed E-state index contributed by atoms with van der Waals surface area (Å²) in [7, 11) is 0. The van der Waals surface area contributed by atoms with Crippen LogP contribution >= 0.6 is 0 Å². The number of benzene rings is 2. The number of hydrogen-bond donors (Lipinski definition) is 1. The number of para-hydroxylation sites is 1. The van der Waals surface area contributed by atoms with Crippen molar-refractivity contribution in [1.29, 1.82) is 0 Å². The van der Waals surface area contributed by atoms with Gasteiger partial charge in [-0.3, -0.25) is 4.79 Å². The minimum Gasteiger partial charge on any atom is -0.372 e. The molecule has 116 valence electrons. The number of rotatable bonds is 7. The molecule has 0 aliphatic rings. The van der Waals surface area contributed by atoms with E-state index >= 15 is 0 Å². The Hall–Kier alpha value is -2.36. The molecular weight excluding hydrogens is 279 g/mol.